The van der Waals surface area contributed by atoms with Crippen molar-refractivity contribution in [3.05, 3.63) is 67.8 Å². The van der Waals surface area contributed by atoms with Crippen molar-refractivity contribution in [1.82, 2.24) is 0 Å². The first-order chi connectivity index (χ1) is 6.81. The molecule has 0 radical (unpaired) electrons. The molecular formula is C14H20Cl2Hf. The quantitative estimate of drug-likeness (QED) is 0.230. The van der Waals surface area contributed by atoms with Gasteiger partial charge in [-0.3, -0.25) is 6.58 Å². The summed E-state index contributed by atoms with van der Waals surface area (Å²) in [6, 6.07) is 10.0. The Morgan fingerprint density at radius 1 is 1.24 bits per heavy atom. The van der Waals surface area contributed by atoms with Crippen molar-refractivity contribution >= 4 is 0 Å². The van der Waals surface area contributed by atoms with E-state index in [0.29, 0.717) is 0 Å². The molecule has 0 nitrogen and oxygen atoms in total. The largest absolute Gasteiger partial charge is 4.00 e. The molecule has 1 aromatic rings. The van der Waals surface area contributed by atoms with Crippen LogP contribution in [0.5, 0.6) is 0 Å². The molecule has 0 heterocycles. The van der Waals surface area contributed by atoms with E-state index in [1.807, 2.05) is 37.3 Å². The van der Waals surface area contributed by atoms with Gasteiger partial charge in [0, 0.05) is 0 Å². The Morgan fingerprint density at radius 3 is 1.76 bits per heavy atom. The van der Waals surface area contributed by atoms with Crippen LogP contribution in [-0.4, -0.2) is 0 Å². The molecule has 0 bridgehead atoms. The van der Waals surface area contributed by atoms with Crippen LogP contribution in [0.3, 0.4) is 0 Å². The molecule has 94 valence electrons. The Bertz CT molecular complexity index is 211. The molecule has 0 unspecified atom stereocenters. The second-order valence-electron chi connectivity index (χ2n) is 2.49. The van der Waals surface area contributed by atoms with Gasteiger partial charge in [0.05, 0.1) is 0 Å². The van der Waals surface area contributed by atoms with Crippen molar-refractivity contribution in [3.8, 4) is 0 Å². The van der Waals surface area contributed by atoms with E-state index in [1.54, 1.807) is 6.08 Å². The molecule has 0 saturated carbocycles. The van der Waals surface area contributed by atoms with Crippen molar-refractivity contribution in [2.45, 2.75) is 20.3 Å². The van der Waals surface area contributed by atoms with Gasteiger partial charge >= 0.3 is 25.8 Å². The molecule has 0 N–H and O–H groups in total. The minimum atomic E-state index is 0. The minimum absolute atomic E-state index is 0. The fourth-order valence-corrected chi connectivity index (χ4v) is 0.711. The Labute approximate surface area is 138 Å². The van der Waals surface area contributed by atoms with Gasteiger partial charge in [-0.15, -0.1) is 20.1 Å². The van der Waals surface area contributed by atoms with Crippen molar-refractivity contribution in [2.75, 3.05) is 0 Å². The molecule has 3 heteroatoms. The molecule has 1 rings (SSSR count). The van der Waals surface area contributed by atoms with Crippen LogP contribution >= 0.6 is 0 Å². The van der Waals surface area contributed by atoms with E-state index >= 15 is 0 Å². The molecule has 0 aliphatic carbocycles. The second-order valence-corrected chi connectivity index (χ2v) is 2.49. The molecule has 1 aromatic carbocycles. The third-order valence-corrected chi connectivity index (χ3v) is 1.34. The third kappa shape index (κ3) is 31.4. The average molecular weight is 438 g/mol. The van der Waals surface area contributed by atoms with Gasteiger partial charge in [-0.25, -0.2) is 23.8 Å². The second kappa shape index (κ2) is 29.8. The number of hydrogen-bond donors (Lipinski definition) is 0. The van der Waals surface area contributed by atoms with E-state index in [4.69, 9.17) is 6.58 Å². The number of allylic oxidation sites excluding steroid dienone is 3. The van der Waals surface area contributed by atoms with Gasteiger partial charge in [-0.2, -0.15) is 24.3 Å². The van der Waals surface area contributed by atoms with E-state index in [0.717, 1.165) is 12.0 Å². The zero-order valence-electron chi connectivity index (χ0n) is 10.5. The van der Waals surface area contributed by atoms with Crippen LogP contribution in [0.15, 0.2) is 61.2 Å². The molecule has 0 saturated heterocycles. The maximum Gasteiger partial charge on any atom is 4.00 e. The summed E-state index contributed by atoms with van der Waals surface area (Å²) in [4.78, 5) is 0. The molecule has 0 aromatic heterocycles. The first-order valence-electron chi connectivity index (χ1n) is 4.69. The summed E-state index contributed by atoms with van der Waals surface area (Å²) in [6.07, 6.45) is 4.77. The van der Waals surface area contributed by atoms with Crippen LogP contribution in [0.2, 0.25) is 0 Å². The van der Waals surface area contributed by atoms with Crippen LogP contribution in [-0.2, 0) is 25.8 Å². The molecule has 0 aliphatic heterocycles. The normalized spacial score (nSPS) is 7.29. The monoisotopic (exact) mass is 438 g/mol. The van der Waals surface area contributed by atoms with Gasteiger partial charge in [0.25, 0.3) is 0 Å². The van der Waals surface area contributed by atoms with Crippen LogP contribution in [0.1, 0.15) is 20.3 Å². The SMILES string of the molecule is C=C.[CH-]=CC(C)=CCC.[Cl-].[Cl-].[Hf+4].c1cc[cH-]c1. The van der Waals surface area contributed by atoms with Gasteiger partial charge in [0.2, 0.25) is 0 Å². The third-order valence-electron chi connectivity index (χ3n) is 1.34. The van der Waals surface area contributed by atoms with Crippen molar-refractivity contribution < 1.29 is 50.7 Å². The van der Waals surface area contributed by atoms with Crippen LogP contribution < -0.4 is 24.8 Å². The maximum absolute atomic E-state index is 5.16. The minimum Gasteiger partial charge on any atom is -1.00 e. The van der Waals surface area contributed by atoms with E-state index in [-0.39, 0.29) is 50.7 Å². The van der Waals surface area contributed by atoms with Gasteiger partial charge < -0.3 is 24.8 Å². The van der Waals surface area contributed by atoms with Gasteiger partial charge in [-0.05, 0) is 0 Å². The fourth-order valence-electron chi connectivity index (χ4n) is 0.711. The molecule has 17 heavy (non-hydrogen) atoms. The van der Waals surface area contributed by atoms with Crippen LogP contribution in [0.4, 0.5) is 0 Å². The van der Waals surface area contributed by atoms with Crippen LogP contribution in [0.25, 0.3) is 0 Å². The Balaban J connectivity index is -0.0000000433. The van der Waals surface area contributed by atoms with Gasteiger partial charge in [0.1, 0.15) is 0 Å². The molecule has 0 amide bonds. The summed E-state index contributed by atoms with van der Waals surface area (Å²) < 4.78 is 0. The van der Waals surface area contributed by atoms with E-state index < -0.39 is 0 Å². The number of hydrogen-bond acceptors (Lipinski definition) is 0. The van der Waals surface area contributed by atoms with Gasteiger partial charge in [0.15, 0.2) is 0 Å². The summed E-state index contributed by atoms with van der Waals surface area (Å²) in [7, 11) is 0. The van der Waals surface area contributed by atoms with E-state index in [2.05, 4.69) is 26.2 Å². The summed E-state index contributed by atoms with van der Waals surface area (Å²) in [6.45, 7) is 15.2. The molecular weight excluding hydrogens is 418 g/mol. The Kier molecular flexibility index (Phi) is 52.9. The fraction of sp³-hybridized carbons (Fsp3) is 0.214. The van der Waals surface area contributed by atoms with E-state index in [1.165, 1.54) is 0 Å². The molecule has 0 aliphatic rings. The molecule has 0 spiro atoms. The van der Waals surface area contributed by atoms with Crippen molar-refractivity contribution in [2.24, 2.45) is 0 Å². The topological polar surface area (TPSA) is 0 Å². The van der Waals surface area contributed by atoms with Crippen molar-refractivity contribution in [3.63, 3.8) is 0 Å². The first kappa shape index (κ1) is 30.2. The maximum atomic E-state index is 5.16. The standard InChI is InChI=1S/C7H11.C5H5.C2H4.2ClH.Hf/c1-4-6-7(3)5-2;1-2-4-5-3-1;1-2;;;/h2,5-6H,4H2,1,3H3;1-5H;1-2H2;2*1H;/q2*-1;;;;+4/p-2. The molecule has 0 atom stereocenters. The van der Waals surface area contributed by atoms with E-state index in [9.17, 15) is 0 Å². The smallest absolute Gasteiger partial charge is 1.00 e. The van der Waals surface area contributed by atoms with Crippen molar-refractivity contribution in [1.29, 1.82) is 0 Å². The summed E-state index contributed by atoms with van der Waals surface area (Å²) in [5.74, 6) is 0. The number of halogens is 2. The number of rotatable bonds is 2. The predicted octanol–water partition coefficient (Wildman–Crippen LogP) is -1.45. The Morgan fingerprint density at radius 2 is 1.65 bits per heavy atom. The van der Waals surface area contributed by atoms with Gasteiger partial charge in [-0.1, -0.05) is 13.3 Å². The van der Waals surface area contributed by atoms with Crippen LogP contribution in [0, 0.1) is 6.58 Å². The first-order valence-corrected chi connectivity index (χ1v) is 4.69. The summed E-state index contributed by atoms with van der Waals surface area (Å²) in [5.41, 5.74) is 1.16. The summed E-state index contributed by atoms with van der Waals surface area (Å²) >= 11 is 0. The molecule has 0 fully saturated rings. The average Bonchev–Trinajstić information content (AvgIpc) is 2.79. The zero-order valence-corrected chi connectivity index (χ0v) is 15.6. The summed E-state index contributed by atoms with van der Waals surface area (Å²) in [5, 5.41) is 0. The Hall–Kier alpha value is 0.0201. The predicted molar refractivity (Wildman–Crippen MR) is 66.2 cm³/mol. The zero-order chi connectivity index (χ0) is 11.2.